The number of rotatable bonds is 4. The number of aryl methyl sites for hydroxylation is 1. The molecule has 6 heteroatoms. The van der Waals surface area contributed by atoms with Crippen LogP contribution < -0.4 is 0 Å². The number of carbonyl (C=O) groups is 1. The number of nitrogens with zero attached hydrogens (tertiary/aromatic N) is 4. The zero-order valence-corrected chi connectivity index (χ0v) is 13.4. The first-order valence-electron chi connectivity index (χ1n) is 7.97. The van der Waals surface area contributed by atoms with Gasteiger partial charge < -0.3 is 9.32 Å². The molecule has 2 aromatic heterocycles. The average molecular weight is 322 g/mol. The van der Waals surface area contributed by atoms with Crippen LogP contribution in [0.2, 0.25) is 0 Å². The van der Waals surface area contributed by atoms with E-state index >= 15 is 0 Å². The van der Waals surface area contributed by atoms with Crippen LogP contribution in [0.1, 0.15) is 23.7 Å². The van der Waals surface area contributed by atoms with Gasteiger partial charge in [-0.15, -0.1) is 5.10 Å². The largest absolute Gasteiger partial charge is 0.461 e. The molecule has 1 aliphatic heterocycles. The van der Waals surface area contributed by atoms with E-state index in [1.54, 1.807) is 17.0 Å². The number of furan rings is 1. The first-order valence-corrected chi connectivity index (χ1v) is 7.97. The molecule has 0 saturated carbocycles. The highest BCUT2D eigenvalue weighted by atomic mass is 16.3. The Kier molecular flexibility index (Phi) is 3.65. The molecule has 1 aliphatic rings. The number of hydrogen-bond donors (Lipinski definition) is 0. The number of likely N-dealkylation sites (tertiary alicyclic amines) is 1. The van der Waals surface area contributed by atoms with Gasteiger partial charge in [0.2, 0.25) is 11.7 Å². The lowest BCUT2D eigenvalue weighted by atomic mass is 9.99. The van der Waals surface area contributed by atoms with Crippen molar-refractivity contribution in [2.24, 2.45) is 7.05 Å². The molecule has 1 aromatic carbocycles. The zero-order chi connectivity index (χ0) is 16.5. The summed E-state index contributed by atoms with van der Waals surface area (Å²) < 4.78 is 7.04. The van der Waals surface area contributed by atoms with E-state index in [-0.39, 0.29) is 11.8 Å². The zero-order valence-electron chi connectivity index (χ0n) is 13.4. The van der Waals surface area contributed by atoms with Crippen molar-refractivity contribution in [2.45, 2.75) is 18.9 Å². The van der Waals surface area contributed by atoms with Crippen molar-refractivity contribution in [2.75, 3.05) is 6.54 Å². The first-order chi connectivity index (χ1) is 11.7. The Morgan fingerprint density at radius 2 is 2.04 bits per heavy atom. The predicted molar refractivity (Wildman–Crippen MR) is 87.9 cm³/mol. The van der Waals surface area contributed by atoms with Crippen molar-refractivity contribution in [1.29, 1.82) is 0 Å². The summed E-state index contributed by atoms with van der Waals surface area (Å²) in [5, 5.41) is 4.37. The van der Waals surface area contributed by atoms with Crippen molar-refractivity contribution in [1.82, 2.24) is 19.7 Å². The first kappa shape index (κ1) is 14.7. The van der Waals surface area contributed by atoms with Gasteiger partial charge in [0.05, 0.1) is 12.8 Å². The molecule has 24 heavy (non-hydrogen) atoms. The Morgan fingerprint density at radius 3 is 2.79 bits per heavy atom. The van der Waals surface area contributed by atoms with E-state index in [2.05, 4.69) is 22.2 Å². The van der Waals surface area contributed by atoms with Crippen LogP contribution in [0, 0.1) is 0 Å². The van der Waals surface area contributed by atoms with Gasteiger partial charge in [-0.2, -0.15) is 0 Å². The van der Waals surface area contributed by atoms with Crippen LogP contribution in [0.4, 0.5) is 0 Å². The molecule has 0 N–H and O–H groups in total. The summed E-state index contributed by atoms with van der Waals surface area (Å²) in [5.41, 5.74) is 1.21. The summed E-state index contributed by atoms with van der Waals surface area (Å²) in [6.45, 7) is 1.18. The van der Waals surface area contributed by atoms with Crippen LogP contribution in [0.25, 0.3) is 11.6 Å². The quantitative estimate of drug-likeness (QED) is 0.740. The van der Waals surface area contributed by atoms with Gasteiger partial charge in [-0.1, -0.05) is 30.3 Å². The maximum atomic E-state index is 12.4. The third-order valence-corrected chi connectivity index (χ3v) is 4.41. The lowest BCUT2D eigenvalue weighted by Gasteiger charge is -2.16. The number of benzene rings is 1. The summed E-state index contributed by atoms with van der Waals surface area (Å²) in [6, 6.07) is 13.8. The minimum absolute atomic E-state index is 0.159. The van der Waals surface area contributed by atoms with Gasteiger partial charge in [0.25, 0.3) is 0 Å². The number of hydrogen-bond acceptors (Lipinski definition) is 4. The Balaban J connectivity index is 1.51. The molecule has 1 amide bonds. The maximum Gasteiger partial charge on any atom is 0.223 e. The van der Waals surface area contributed by atoms with Crippen LogP contribution >= 0.6 is 0 Å². The van der Waals surface area contributed by atoms with Gasteiger partial charge in [0.1, 0.15) is 5.82 Å². The highest BCUT2D eigenvalue weighted by Gasteiger charge is 2.31. The molecule has 1 unspecified atom stereocenters. The Labute approximate surface area is 139 Å². The molecule has 4 rings (SSSR count). The average Bonchev–Trinajstić information content (AvgIpc) is 3.31. The van der Waals surface area contributed by atoms with Gasteiger partial charge in [-0.3, -0.25) is 9.48 Å². The van der Waals surface area contributed by atoms with Gasteiger partial charge in [0, 0.05) is 25.9 Å². The molecule has 0 aliphatic carbocycles. The molecule has 0 bridgehead atoms. The highest BCUT2D eigenvalue weighted by Crippen LogP contribution is 2.29. The fourth-order valence-electron chi connectivity index (χ4n) is 3.11. The number of carbonyl (C=O) groups excluding carboxylic acids is 1. The minimum atomic E-state index is 0.159. The van der Waals surface area contributed by atoms with Crippen molar-refractivity contribution in [3.05, 3.63) is 60.1 Å². The van der Waals surface area contributed by atoms with E-state index in [1.165, 1.54) is 5.56 Å². The normalized spacial score (nSPS) is 17.6. The molecule has 0 radical (unpaired) electrons. The molecule has 1 fully saturated rings. The topological polar surface area (TPSA) is 64.2 Å². The lowest BCUT2D eigenvalue weighted by molar-refractivity contribution is -0.128. The Morgan fingerprint density at radius 1 is 1.21 bits per heavy atom. The molecule has 1 atom stereocenters. The van der Waals surface area contributed by atoms with Crippen molar-refractivity contribution >= 4 is 5.91 Å². The molecule has 122 valence electrons. The summed E-state index contributed by atoms with van der Waals surface area (Å²) in [7, 11) is 1.84. The second-order valence-corrected chi connectivity index (χ2v) is 6.04. The Bertz CT molecular complexity index is 839. The predicted octanol–water partition coefficient (Wildman–Crippen LogP) is 2.59. The Hall–Kier alpha value is -2.89. The maximum absolute atomic E-state index is 12.4. The second-order valence-electron chi connectivity index (χ2n) is 6.04. The van der Waals surface area contributed by atoms with Crippen LogP contribution in [-0.2, 0) is 18.4 Å². The monoisotopic (exact) mass is 322 g/mol. The van der Waals surface area contributed by atoms with Crippen LogP contribution in [0.5, 0.6) is 0 Å². The fourth-order valence-corrected chi connectivity index (χ4v) is 3.11. The minimum Gasteiger partial charge on any atom is -0.461 e. The molecule has 1 saturated heterocycles. The third kappa shape index (κ3) is 2.71. The fraction of sp³-hybridized carbons (Fsp3) is 0.278. The highest BCUT2D eigenvalue weighted by molar-refractivity contribution is 5.79. The van der Waals surface area contributed by atoms with Crippen molar-refractivity contribution in [3.8, 4) is 11.6 Å². The van der Waals surface area contributed by atoms with Gasteiger partial charge in [-0.25, -0.2) is 4.98 Å². The van der Waals surface area contributed by atoms with Crippen LogP contribution in [0.3, 0.4) is 0 Å². The van der Waals surface area contributed by atoms with Gasteiger partial charge in [0.15, 0.2) is 5.76 Å². The van der Waals surface area contributed by atoms with E-state index in [0.717, 1.165) is 5.82 Å². The van der Waals surface area contributed by atoms with E-state index < -0.39 is 0 Å². The summed E-state index contributed by atoms with van der Waals surface area (Å²) >= 11 is 0. The molecular formula is C18H18N4O2. The molecule has 0 spiro atoms. The lowest BCUT2D eigenvalue weighted by Crippen LogP contribution is -2.26. The molecule has 3 heterocycles. The van der Waals surface area contributed by atoms with Gasteiger partial charge >= 0.3 is 0 Å². The molecule has 6 nitrogen and oxygen atoms in total. The van der Waals surface area contributed by atoms with E-state index in [4.69, 9.17) is 4.42 Å². The summed E-state index contributed by atoms with van der Waals surface area (Å²) in [6.07, 6.45) is 2.15. The summed E-state index contributed by atoms with van der Waals surface area (Å²) in [4.78, 5) is 18.7. The second kappa shape index (κ2) is 5.96. The smallest absolute Gasteiger partial charge is 0.223 e. The number of amides is 1. The standard InChI is InChI=1S/C18H18N4O2/c1-21-16(19-18(20-21)15-8-5-9-24-15)12-22-11-14(10-17(22)23)13-6-3-2-4-7-13/h2-9,14H,10-12H2,1H3. The van der Waals surface area contributed by atoms with E-state index in [9.17, 15) is 4.79 Å². The number of aromatic nitrogens is 3. The van der Waals surface area contributed by atoms with Crippen molar-refractivity contribution < 1.29 is 9.21 Å². The van der Waals surface area contributed by atoms with Gasteiger partial charge in [-0.05, 0) is 17.7 Å². The van der Waals surface area contributed by atoms with E-state index in [1.807, 2.05) is 36.2 Å². The van der Waals surface area contributed by atoms with Crippen molar-refractivity contribution in [3.63, 3.8) is 0 Å². The molecule has 3 aromatic rings. The SMILES string of the molecule is Cn1nc(-c2ccco2)nc1CN1CC(c2ccccc2)CC1=O. The van der Waals surface area contributed by atoms with E-state index in [0.29, 0.717) is 31.1 Å². The summed E-state index contributed by atoms with van der Waals surface area (Å²) in [5.74, 6) is 2.34. The third-order valence-electron chi connectivity index (χ3n) is 4.41. The van der Waals surface area contributed by atoms with Crippen LogP contribution in [0.15, 0.2) is 53.1 Å². The van der Waals surface area contributed by atoms with Crippen LogP contribution in [-0.4, -0.2) is 32.1 Å². The molecular weight excluding hydrogens is 304 g/mol.